The van der Waals surface area contributed by atoms with Gasteiger partial charge in [0.05, 0.1) is 0 Å². The molecule has 1 aromatic carbocycles. The van der Waals surface area contributed by atoms with E-state index in [0.29, 0.717) is 0 Å². The Kier molecular flexibility index (Phi) is 60.5. The van der Waals surface area contributed by atoms with E-state index in [1.807, 2.05) is 30.3 Å². The maximum atomic E-state index is 2.89. The molecule has 0 unspecified atom stereocenters. The van der Waals surface area contributed by atoms with Crippen LogP contribution >= 0.6 is 0 Å². The van der Waals surface area contributed by atoms with Gasteiger partial charge in [0.1, 0.15) is 0 Å². The first-order chi connectivity index (χ1) is 3.00. The van der Waals surface area contributed by atoms with Crippen molar-refractivity contribution >= 4 is 0 Å². The Morgan fingerprint density at radius 3 is 1.09 bits per heavy atom. The monoisotopic (exact) mass is 268 g/mol. The van der Waals surface area contributed by atoms with Gasteiger partial charge in [-0.05, 0) is 0 Å². The Morgan fingerprint density at radius 1 is 0.636 bits per heavy atom. The van der Waals surface area contributed by atoms with Crippen LogP contribution in [0.1, 0.15) is 0 Å². The summed E-state index contributed by atoms with van der Waals surface area (Å²) < 4.78 is 0. The van der Waals surface area contributed by atoms with Gasteiger partial charge in [-0.15, -0.1) is 0 Å². The van der Waals surface area contributed by atoms with E-state index in [0.717, 1.165) is 0 Å². The van der Waals surface area contributed by atoms with Crippen molar-refractivity contribution in [3.05, 3.63) is 36.4 Å². The van der Waals surface area contributed by atoms with Crippen LogP contribution in [0.4, 0.5) is 0 Å². The maximum Gasteiger partial charge on any atom is 4.00 e. The Hall–Kier alpha value is 0.964. The molecule has 63 valence electrons. The first-order valence-corrected chi connectivity index (χ1v) is 1.91. The van der Waals surface area contributed by atoms with Crippen LogP contribution in [0.25, 0.3) is 0 Å². The summed E-state index contributed by atoms with van der Waals surface area (Å²) in [5.74, 6) is 0. The summed E-state index contributed by atoms with van der Waals surface area (Å²) in [5, 5.41) is 0. The van der Waals surface area contributed by atoms with Crippen molar-refractivity contribution in [2.75, 3.05) is 0 Å². The van der Waals surface area contributed by atoms with E-state index < -0.39 is 0 Å². The van der Waals surface area contributed by atoms with E-state index in [4.69, 9.17) is 0 Å². The molecule has 0 atom stereocenters. The molecule has 1 radical (unpaired) electrons. The smallest absolute Gasteiger partial charge is 1.00 e. The fraction of sp³-hybridized carbons (Fsp3) is 0. The van der Waals surface area contributed by atoms with Crippen molar-refractivity contribution in [2.24, 2.45) is 0 Å². The quantitative estimate of drug-likeness (QED) is 0.411. The van der Waals surface area contributed by atoms with Gasteiger partial charge >= 0.3 is 18.6 Å². The molecule has 0 aliphatic carbocycles. The molecule has 0 saturated heterocycles. The van der Waals surface area contributed by atoms with Gasteiger partial charge in [0, 0.05) is 0 Å². The summed E-state index contributed by atoms with van der Waals surface area (Å²) >= 11 is 0. The molecule has 0 spiro atoms. The van der Waals surface area contributed by atoms with Crippen LogP contribution in [-0.4, -0.2) is 0 Å². The van der Waals surface area contributed by atoms with E-state index in [-0.39, 0.29) is 68.2 Å². The second-order valence-corrected chi connectivity index (χ2v) is 1.08. The molecule has 11 heavy (non-hydrogen) atoms. The normalized spacial score (nSPS) is 4.36. The van der Waals surface area contributed by atoms with Crippen LogP contribution in [0.5, 0.6) is 0 Å². The first-order valence-electron chi connectivity index (χ1n) is 1.91. The first kappa shape index (κ1) is 29.7. The minimum absolute atomic E-state index is 0. The summed E-state index contributed by atoms with van der Waals surface area (Å²) in [5.41, 5.74) is 0. The molecule has 0 nitrogen and oxygen atoms in total. The predicted octanol–water partition coefficient (Wildman–Crippen LogP) is -10.5. The van der Waals surface area contributed by atoms with Gasteiger partial charge in [0.2, 0.25) is 0 Å². The second-order valence-electron chi connectivity index (χ2n) is 1.08. The minimum Gasteiger partial charge on any atom is -1.00 e. The van der Waals surface area contributed by atoms with Crippen LogP contribution in [0, 0.1) is 6.07 Å². The van der Waals surface area contributed by atoms with Gasteiger partial charge in [-0.2, -0.15) is 36.4 Å². The summed E-state index contributed by atoms with van der Waals surface area (Å²) in [6.07, 6.45) is 0. The molecule has 0 aliphatic rings. The van der Waals surface area contributed by atoms with Crippen LogP contribution in [-0.2, 0) is 18.6 Å². The van der Waals surface area contributed by atoms with Crippen LogP contribution in [0.15, 0.2) is 30.3 Å². The molecular formula is C6H5Cl4V-. The Labute approximate surface area is 104 Å². The molecule has 0 aromatic heterocycles. The third-order valence-corrected chi connectivity index (χ3v) is 0.607. The zero-order chi connectivity index (χ0) is 4.24. The average Bonchev–Trinajstić information content (AvgIpc) is 1.72. The molecule has 5 heteroatoms. The molecule has 0 amide bonds. The van der Waals surface area contributed by atoms with Gasteiger partial charge in [-0.1, -0.05) is 0 Å². The third kappa shape index (κ3) is 18.2. The summed E-state index contributed by atoms with van der Waals surface area (Å²) in [4.78, 5) is 0. The molecule has 0 N–H and O–H groups in total. The SMILES string of the molecule is [Cl-].[Cl-].[Cl-].[Cl-].[V+4].[c-]1ccccc1. The van der Waals surface area contributed by atoms with Crippen LogP contribution in [0.2, 0.25) is 0 Å². The average molecular weight is 270 g/mol. The van der Waals surface area contributed by atoms with E-state index in [1.54, 1.807) is 0 Å². The largest absolute Gasteiger partial charge is 4.00 e. The number of hydrogen-bond donors (Lipinski definition) is 0. The molecule has 0 saturated carbocycles. The van der Waals surface area contributed by atoms with Gasteiger partial charge in [0.15, 0.2) is 0 Å². The van der Waals surface area contributed by atoms with Crippen molar-refractivity contribution in [1.82, 2.24) is 0 Å². The standard InChI is InChI=1S/C6H5.4ClH.V/c1-2-4-6-5-3-1;;;;;/h1-5H;4*1H;/q-1;;;;;+4/p-4. The number of hydrogen-bond acceptors (Lipinski definition) is 0. The molecular weight excluding hydrogens is 265 g/mol. The molecule has 1 aromatic rings. The molecule has 0 heterocycles. The fourth-order valence-electron chi connectivity index (χ4n) is 0.342. The van der Waals surface area contributed by atoms with E-state index in [1.165, 1.54) is 0 Å². The predicted molar refractivity (Wildman–Crippen MR) is 25.3 cm³/mol. The van der Waals surface area contributed by atoms with Crippen LogP contribution in [0.3, 0.4) is 0 Å². The number of rotatable bonds is 0. The zero-order valence-corrected chi connectivity index (χ0v) is 9.77. The van der Waals surface area contributed by atoms with E-state index in [2.05, 4.69) is 6.07 Å². The third-order valence-electron chi connectivity index (χ3n) is 0.607. The second kappa shape index (κ2) is 22.4. The fourth-order valence-corrected chi connectivity index (χ4v) is 0.342. The molecule has 0 fully saturated rings. The van der Waals surface area contributed by atoms with Crippen molar-refractivity contribution in [1.29, 1.82) is 0 Å². The topological polar surface area (TPSA) is 0 Å². The Balaban J connectivity index is -0.0000000240. The number of halogens is 4. The zero-order valence-electron chi connectivity index (χ0n) is 5.35. The molecule has 1 rings (SSSR count). The van der Waals surface area contributed by atoms with E-state index >= 15 is 0 Å². The maximum absolute atomic E-state index is 2.89. The van der Waals surface area contributed by atoms with Gasteiger partial charge < -0.3 is 49.6 Å². The Bertz CT molecular complexity index is 86.5. The van der Waals surface area contributed by atoms with Crippen molar-refractivity contribution in [2.45, 2.75) is 0 Å². The Morgan fingerprint density at radius 2 is 1.00 bits per heavy atom. The number of benzene rings is 1. The van der Waals surface area contributed by atoms with Gasteiger partial charge in [0.25, 0.3) is 0 Å². The van der Waals surface area contributed by atoms with Crippen LogP contribution < -0.4 is 49.6 Å². The summed E-state index contributed by atoms with van der Waals surface area (Å²) in [7, 11) is 0. The van der Waals surface area contributed by atoms with Crippen molar-refractivity contribution in [3.8, 4) is 0 Å². The molecule has 0 aliphatic heterocycles. The minimum atomic E-state index is 0. The van der Waals surface area contributed by atoms with E-state index in [9.17, 15) is 0 Å². The van der Waals surface area contributed by atoms with Gasteiger partial charge in [-0.3, -0.25) is 0 Å². The summed E-state index contributed by atoms with van der Waals surface area (Å²) in [6, 6.07) is 12.5. The molecule has 0 bridgehead atoms. The van der Waals surface area contributed by atoms with Gasteiger partial charge in [-0.25, -0.2) is 0 Å². The van der Waals surface area contributed by atoms with Crippen molar-refractivity contribution < 1.29 is 68.2 Å². The summed E-state index contributed by atoms with van der Waals surface area (Å²) in [6.45, 7) is 0. The van der Waals surface area contributed by atoms with Crippen molar-refractivity contribution in [3.63, 3.8) is 0 Å².